The monoisotopic (exact) mass is 513 g/mol. The van der Waals surface area contributed by atoms with Crippen LogP contribution in [0.25, 0.3) is 33.6 Å². The van der Waals surface area contributed by atoms with Crippen molar-refractivity contribution >= 4 is 44.3 Å². The molecule has 1 aliphatic heterocycles. The number of imidazole rings is 1. The third-order valence-corrected chi connectivity index (χ3v) is 8.07. The van der Waals surface area contributed by atoms with Gasteiger partial charge < -0.3 is 19.4 Å². The van der Waals surface area contributed by atoms with Gasteiger partial charge in [-0.2, -0.15) is 0 Å². The smallest absolute Gasteiger partial charge is 0.242 e. The molecular weight excluding hydrogens is 482 g/mol. The highest BCUT2D eigenvalue weighted by atomic mass is 32.1. The Bertz CT molecular complexity index is 1590. The van der Waals surface area contributed by atoms with Crippen LogP contribution in [0.2, 0.25) is 0 Å². The number of thiazole rings is 1. The number of amides is 1. The molecule has 1 aliphatic rings. The number of aromatic nitrogens is 5. The number of carbonyl (C=O) groups excluding carboxylic acids is 1. The van der Waals surface area contributed by atoms with Crippen LogP contribution < -0.4 is 4.90 Å². The predicted octanol–water partition coefficient (Wildman–Crippen LogP) is 5.07. The zero-order valence-electron chi connectivity index (χ0n) is 21.6. The minimum absolute atomic E-state index is 0.0729. The summed E-state index contributed by atoms with van der Waals surface area (Å²) in [6.45, 7) is 11.2. The fourth-order valence-electron chi connectivity index (χ4n) is 5.11. The number of aromatic amines is 1. The van der Waals surface area contributed by atoms with Gasteiger partial charge in [0.15, 0.2) is 5.82 Å². The molecule has 0 radical (unpaired) electrons. The molecule has 4 aromatic heterocycles. The first kappa shape index (κ1) is 23.7. The summed E-state index contributed by atoms with van der Waals surface area (Å²) in [5.41, 5.74) is 6.91. The number of carbonyl (C=O) groups is 1. The molecule has 1 unspecified atom stereocenters. The zero-order chi connectivity index (χ0) is 25.7. The second-order valence-corrected chi connectivity index (χ2v) is 11.6. The molecule has 5 heterocycles. The fourth-order valence-corrected chi connectivity index (χ4v) is 5.95. The van der Waals surface area contributed by atoms with Gasteiger partial charge in [-0.3, -0.25) is 4.79 Å². The Hall–Kier alpha value is -3.72. The van der Waals surface area contributed by atoms with E-state index in [1.54, 1.807) is 17.5 Å². The van der Waals surface area contributed by atoms with Crippen molar-refractivity contribution in [2.75, 3.05) is 24.5 Å². The Kier molecular flexibility index (Phi) is 5.75. The zero-order valence-corrected chi connectivity index (χ0v) is 22.4. The van der Waals surface area contributed by atoms with Crippen LogP contribution in [-0.4, -0.2) is 61.0 Å². The SMILES string of the molecule is CC1CN(c2scnc2-c2nc3ccc(C(C)(C)C)cc3[nH]2)CCN1C(=O)Cn1ccc2cccnc21. The molecule has 0 aliphatic carbocycles. The first-order valence-corrected chi connectivity index (χ1v) is 13.5. The van der Waals surface area contributed by atoms with Crippen molar-refractivity contribution in [3.63, 3.8) is 0 Å². The second-order valence-electron chi connectivity index (χ2n) is 10.8. The van der Waals surface area contributed by atoms with Gasteiger partial charge in [-0.1, -0.05) is 26.8 Å². The number of nitrogens with zero attached hydrogens (tertiary/aromatic N) is 6. The molecule has 1 atom stereocenters. The lowest BCUT2D eigenvalue weighted by atomic mass is 9.87. The molecule has 37 heavy (non-hydrogen) atoms. The van der Waals surface area contributed by atoms with E-state index < -0.39 is 0 Å². The van der Waals surface area contributed by atoms with Crippen LogP contribution in [0.15, 0.2) is 54.3 Å². The quantitative estimate of drug-likeness (QED) is 0.363. The van der Waals surface area contributed by atoms with Gasteiger partial charge in [-0.15, -0.1) is 11.3 Å². The average molecular weight is 514 g/mol. The number of fused-ring (bicyclic) bond motifs is 2. The maximum atomic E-state index is 13.2. The molecule has 9 heteroatoms. The number of hydrogen-bond acceptors (Lipinski definition) is 6. The normalized spacial score (nSPS) is 16.7. The van der Waals surface area contributed by atoms with Crippen LogP contribution in [0.4, 0.5) is 5.00 Å². The Labute approximate surface area is 220 Å². The van der Waals surface area contributed by atoms with Crippen molar-refractivity contribution in [3.05, 3.63) is 59.9 Å². The lowest BCUT2D eigenvalue weighted by Gasteiger charge is -2.40. The Morgan fingerprint density at radius 3 is 2.84 bits per heavy atom. The molecule has 1 amide bonds. The summed E-state index contributed by atoms with van der Waals surface area (Å²) >= 11 is 1.62. The molecule has 5 aromatic rings. The Morgan fingerprint density at radius 2 is 2.03 bits per heavy atom. The van der Waals surface area contributed by atoms with Crippen LogP contribution in [0.5, 0.6) is 0 Å². The molecule has 1 saturated heterocycles. The topological polar surface area (TPSA) is 82.9 Å². The van der Waals surface area contributed by atoms with Crippen molar-refractivity contribution in [2.24, 2.45) is 0 Å². The van der Waals surface area contributed by atoms with E-state index in [2.05, 4.69) is 65.7 Å². The number of piperazine rings is 1. The van der Waals surface area contributed by atoms with Gasteiger partial charge in [0.25, 0.3) is 0 Å². The van der Waals surface area contributed by atoms with Crippen LogP contribution in [0.1, 0.15) is 33.3 Å². The van der Waals surface area contributed by atoms with Gasteiger partial charge in [0, 0.05) is 43.5 Å². The first-order valence-electron chi connectivity index (χ1n) is 12.7. The number of anilines is 1. The molecule has 8 nitrogen and oxygen atoms in total. The molecule has 6 rings (SSSR count). The van der Waals surface area contributed by atoms with E-state index in [9.17, 15) is 4.79 Å². The van der Waals surface area contributed by atoms with Gasteiger partial charge in [-0.25, -0.2) is 15.0 Å². The maximum absolute atomic E-state index is 13.2. The summed E-state index contributed by atoms with van der Waals surface area (Å²) in [7, 11) is 0. The predicted molar refractivity (Wildman–Crippen MR) is 149 cm³/mol. The summed E-state index contributed by atoms with van der Waals surface area (Å²) in [5, 5.41) is 2.14. The van der Waals surface area contributed by atoms with E-state index in [1.165, 1.54) is 5.56 Å². The van der Waals surface area contributed by atoms with Gasteiger partial charge in [0.05, 0.1) is 16.5 Å². The Morgan fingerprint density at radius 1 is 1.16 bits per heavy atom. The number of pyridine rings is 1. The summed E-state index contributed by atoms with van der Waals surface area (Å²) in [6, 6.07) is 12.4. The van der Waals surface area contributed by atoms with E-state index in [0.29, 0.717) is 13.1 Å². The highest BCUT2D eigenvalue weighted by molar-refractivity contribution is 7.14. The van der Waals surface area contributed by atoms with Gasteiger partial charge in [-0.05, 0) is 48.2 Å². The number of benzene rings is 1. The number of rotatable bonds is 4. The van der Waals surface area contributed by atoms with Crippen molar-refractivity contribution in [3.8, 4) is 11.5 Å². The summed E-state index contributed by atoms with van der Waals surface area (Å²) in [5.74, 6) is 0.905. The fraction of sp³-hybridized carbons (Fsp3) is 0.357. The lowest BCUT2D eigenvalue weighted by molar-refractivity contribution is -0.134. The third-order valence-electron chi connectivity index (χ3n) is 7.18. The van der Waals surface area contributed by atoms with Crippen LogP contribution in [-0.2, 0) is 16.8 Å². The molecule has 190 valence electrons. The van der Waals surface area contributed by atoms with Crippen molar-refractivity contribution < 1.29 is 4.79 Å². The molecule has 1 N–H and O–H groups in total. The minimum atomic E-state index is 0.0729. The minimum Gasteiger partial charge on any atom is -0.358 e. The van der Waals surface area contributed by atoms with Crippen LogP contribution in [0.3, 0.4) is 0 Å². The summed E-state index contributed by atoms with van der Waals surface area (Å²) < 4.78 is 1.94. The van der Waals surface area contributed by atoms with Crippen LogP contribution in [0, 0.1) is 0 Å². The van der Waals surface area contributed by atoms with Gasteiger partial charge in [0.2, 0.25) is 5.91 Å². The molecular formula is C28H31N7OS. The number of hydrogen-bond donors (Lipinski definition) is 1. The van der Waals surface area contributed by atoms with Crippen molar-refractivity contribution in [1.29, 1.82) is 0 Å². The standard InChI is InChI=1S/C28H31N7OS/c1-18-15-34(12-13-35(18)23(36)16-33-11-9-19-6-5-10-29-26(19)33)27-24(30-17-37-27)25-31-21-8-7-20(28(2,3)4)14-22(21)32-25/h5-11,14,17-18H,12-13,15-16H2,1-4H3,(H,31,32). The molecule has 0 bridgehead atoms. The van der Waals surface area contributed by atoms with E-state index in [0.717, 1.165) is 51.7 Å². The lowest BCUT2D eigenvalue weighted by Crippen LogP contribution is -2.54. The first-order chi connectivity index (χ1) is 17.8. The van der Waals surface area contributed by atoms with Crippen molar-refractivity contribution in [1.82, 2.24) is 29.4 Å². The van der Waals surface area contributed by atoms with E-state index in [4.69, 9.17) is 4.98 Å². The molecule has 0 saturated carbocycles. The maximum Gasteiger partial charge on any atom is 0.242 e. The Balaban J connectivity index is 1.19. The summed E-state index contributed by atoms with van der Waals surface area (Å²) in [4.78, 5) is 35.0. The molecule has 1 fully saturated rings. The molecule has 0 spiro atoms. The van der Waals surface area contributed by atoms with E-state index in [1.807, 2.05) is 39.4 Å². The number of nitrogens with one attached hydrogen (secondary N) is 1. The van der Waals surface area contributed by atoms with E-state index >= 15 is 0 Å². The van der Waals surface area contributed by atoms with Gasteiger partial charge >= 0.3 is 0 Å². The van der Waals surface area contributed by atoms with Crippen LogP contribution >= 0.6 is 11.3 Å². The largest absolute Gasteiger partial charge is 0.358 e. The highest BCUT2D eigenvalue weighted by Gasteiger charge is 2.30. The average Bonchev–Trinajstić information content (AvgIpc) is 3.61. The highest BCUT2D eigenvalue weighted by Crippen LogP contribution is 2.35. The van der Waals surface area contributed by atoms with Gasteiger partial charge in [0.1, 0.15) is 22.9 Å². The second kappa shape index (κ2) is 8.99. The van der Waals surface area contributed by atoms with Crippen molar-refractivity contribution in [2.45, 2.75) is 45.7 Å². The summed E-state index contributed by atoms with van der Waals surface area (Å²) in [6.07, 6.45) is 3.71. The molecule has 1 aromatic carbocycles. The number of H-pyrrole nitrogens is 1. The van der Waals surface area contributed by atoms with E-state index in [-0.39, 0.29) is 17.4 Å². The third kappa shape index (κ3) is 4.37.